The summed E-state index contributed by atoms with van der Waals surface area (Å²) in [5, 5.41) is 2.09. The Hall–Kier alpha value is -2.59. The summed E-state index contributed by atoms with van der Waals surface area (Å²) in [5.74, 6) is 1.97. The number of ether oxygens (including phenoxy) is 1. The molecule has 4 aromatic rings. The summed E-state index contributed by atoms with van der Waals surface area (Å²) < 4.78 is 8.12. The van der Waals surface area contributed by atoms with Crippen molar-refractivity contribution in [2.45, 2.75) is 13.0 Å². The van der Waals surface area contributed by atoms with E-state index in [1.165, 1.54) is 10.4 Å². The second kappa shape index (κ2) is 6.89. The largest absolute Gasteiger partial charge is 0.494 e. The Bertz CT molecular complexity index is 913. The molecule has 0 saturated carbocycles. The number of hydrogen-bond donors (Lipinski definition) is 0. The summed E-state index contributed by atoms with van der Waals surface area (Å²) in [5.41, 5.74) is 2.23. The lowest BCUT2D eigenvalue weighted by molar-refractivity contribution is 0.303. The summed E-state index contributed by atoms with van der Waals surface area (Å²) in [4.78, 5) is 6.03. The molecule has 24 heavy (non-hydrogen) atoms. The van der Waals surface area contributed by atoms with Crippen molar-refractivity contribution in [3.63, 3.8) is 0 Å². The van der Waals surface area contributed by atoms with Crippen molar-refractivity contribution in [3.8, 4) is 16.5 Å². The summed E-state index contributed by atoms with van der Waals surface area (Å²) in [7, 11) is 0. The molecule has 120 valence electrons. The smallest absolute Gasteiger partial charge is 0.151 e. The van der Waals surface area contributed by atoms with E-state index in [1.807, 2.05) is 36.4 Å². The van der Waals surface area contributed by atoms with Crippen molar-refractivity contribution in [1.82, 2.24) is 9.55 Å². The van der Waals surface area contributed by atoms with Crippen molar-refractivity contribution < 1.29 is 4.74 Å². The van der Waals surface area contributed by atoms with Crippen molar-refractivity contribution in [3.05, 3.63) is 72.1 Å². The van der Waals surface area contributed by atoms with Gasteiger partial charge in [-0.2, -0.15) is 0 Å². The second-order valence-electron chi connectivity index (χ2n) is 5.57. The Balaban J connectivity index is 1.53. The predicted molar refractivity (Wildman–Crippen MR) is 99.6 cm³/mol. The minimum absolute atomic E-state index is 0.695. The Morgan fingerprint density at radius 2 is 1.75 bits per heavy atom. The number of nitrogens with zero attached hydrogens (tertiary/aromatic N) is 2. The first-order valence-electron chi connectivity index (χ1n) is 8.09. The molecule has 0 aliphatic rings. The minimum atomic E-state index is 0.695. The van der Waals surface area contributed by atoms with Crippen molar-refractivity contribution in [2.24, 2.45) is 0 Å². The summed E-state index contributed by atoms with van der Waals surface area (Å²) in [6.07, 6.45) is 0.938. The van der Waals surface area contributed by atoms with Gasteiger partial charge in [-0.1, -0.05) is 36.4 Å². The van der Waals surface area contributed by atoms with Crippen LogP contribution in [0.25, 0.3) is 21.7 Å². The van der Waals surface area contributed by atoms with Gasteiger partial charge in [-0.25, -0.2) is 4.98 Å². The fourth-order valence-electron chi connectivity index (χ4n) is 2.83. The molecule has 3 nitrogen and oxygen atoms in total. The van der Waals surface area contributed by atoms with Crippen LogP contribution in [-0.2, 0) is 6.54 Å². The molecule has 2 aromatic carbocycles. The Morgan fingerprint density at radius 3 is 2.58 bits per heavy atom. The molecule has 0 unspecified atom stereocenters. The number of fused-ring (bicyclic) bond motifs is 1. The number of hydrogen-bond acceptors (Lipinski definition) is 3. The number of para-hydroxylation sites is 3. The van der Waals surface area contributed by atoms with Crippen LogP contribution in [0.3, 0.4) is 0 Å². The third kappa shape index (κ3) is 3.05. The standard InChI is InChI=1S/C20H18N2OS/c1-2-8-16(9-3-1)23-14-7-13-22-18-11-5-4-10-17(18)21-20(22)19-12-6-15-24-19/h1-6,8-12,15H,7,13-14H2. The number of rotatable bonds is 6. The van der Waals surface area contributed by atoms with E-state index in [1.54, 1.807) is 11.3 Å². The maximum atomic E-state index is 5.82. The van der Waals surface area contributed by atoms with E-state index >= 15 is 0 Å². The number of aromatic nitrogens is 2. The third-order valence-electron chi connectivity index (χ3n) is 3.93. The molecule has 0 saturated heterocycles. The average molecular weight is 334 g/mol. The first-order valence-corrected chi connectivity index (χ1v) is 8.97. The highest BCUT2D eigenvalue weighted by Gasteiger charge is 2.12. The van der Waals surface area contributed by atoms with Crippen LogP contribution < -0.4 is 4.74 Å². The maximum absolute atomic E-state index is 5.82. The topological polar surface area (TPSA) is 27.1 Å². The van der Waals surface area contributed by atoms with Crippen LogP contribution in [0.4, 0.5) is 0 Å². The van der Waals surface area contributed by atoms with Gasteiger partial charge >= 0.3 is 0 Å². The SMILES string of the molecule is c1ccc(OCCCn2c(-c3cccs3)nc3ccccc32)cc1. The predicted octanol–water partition coefficient (Wildman–Crippen LogP) is 5.23. The maximum Gasteiger partial charge on any atom is 0.151 e. The lowest BCUT2D eigenvalue weighted by atomic mass is 10.3. The summed E-state index contributed by atoms with van der Waals surface area (Å²) in [6, 6.07) is 22.5. The summed E-state index contributed by atoms with van der Waals surface area (Å²) in [6.45, 7) is 1.58. The lowest BCUT2D eigenvalue weighted by Gasteiger charge is -2.09. The van der Waals surface area contributed by atoms with Crippen LogP contribution in [0.5, 0.6) is 5.75 Å². The molecular formula is C20H18N2OS. The summed E-state index contributed by atoms with van der Waals surface area (Å²) >= 11 is 1.73. The second-order valence-corrected chi connectivity index (χ2v) is 6.52. The van der Waals surface area contributed by atoms with Gasteiger partial charge in [0.05, 0.1) is 22.5 Å². The van der Waals surface area contributed by atoms with E-state index in [0.29, 0.717) is 6.61 Å². The zero-order valence-corrected chi connectivity index (χ0v) is 14.1. The van der Waals surface area contributed by atoms with Crippen molar-refractivity contribution >= 4 is 22.4 Å². The highest BCUT2D eigenvalue weighted by Crippen LogP contribution is 2.28. The zero-order chi connectivity index (χ0) is 16.2. The molecular weight excluding hydrogens is 316 g/mol. The van der Waals surface area contributed by atoms with E-state index in [0.717, 1.165) is 30.1 Å². The van der Waals surface area contributed by atoms with E-state index in [-0.39, 0.29) is 0 Å². The van der Waals surface area contributed by atoms with Gasteiger partial charge in [-0.3, -0.25) is 0 Å². The zero-order valence-electron chi connectivity index (χ0n) is 13.3. The normalized spacial score (nSPS) is 11.0. The van der Waals surface area contributed by atoms with Gasteiger partial charge in [0.15, 0.2) is 5.82 Å². The molecule has 0 bridgehead atoms. The molecule has 4 rings (SSSR count). The van der Waals surface area contributed by atoms with Gasteiger partial charge in [0, 0.05) is 6.54 Å². The van der Waals surface area contributed by atoms with Crippen LogP contribution in [0.2, 0.25) is 0 Å². The monoisotopic (exact) mass is 334 g/mol. The molecule has 2 aromatic heterocycles. The molecule has 0 fully saturated rings. The molecule has 0 aliphatic heterocycles. The van der Waals surface area contributed by atoms with Crippen LogP contribution in [0.1, 0.15) is 6.42 Å². The van der Waals surface area contributed by atoms with Crippen LogP contribution in [0, 0.1) is 0 Å². The van der Waals surface area contributed by atoms with Crippen molar-refractivity contribution in [1.29, 1.82) is 0 Å². The molecule has 0 N–H and O–H groups in total. The fourth-order valence-corrected chi connectivity index (χ4v) is 3.55. The van der Waals surface area contributed by atoms with Gasteiger partial charge < -0.3 is 9.30 Å². The van der Waals surface area contributed by atoms with E-state index < -0.39 is 0 Å². The van der Waals surface area contributed by atoms with E-state index in [2.05, 4.69) is 40.3 Å². The van der Waals surface area contributed by atoms with Crippen molar-refractivity contribution in [2.75, 3.05) is 6.61 Å². The molecule has 0 amide bonds. The van der Waals surface area contributed by atoms with Gasteiger partial charge in [0.25, 0.3) is 0 Å². The fraction of sp³-hybridized carbons (Fsp3) is 0.150. The molecule has 0 spiro atoms. The molecule has 4 heteroatoms. The van der Waals surface area contributed by atoms with Gasteiger partial charge in [-0.15, -0.1) is 11.3 Å². The molecule has 0 atom stereocenters. The van der Waals surface area contributed by atoms with Gasteiger partial charge in [0.1, 0.15) is 5.75 Å². The Morgan fingerprint density at radius 1 is 0.917 bits per heavy atom. The molecule has 2 heterocycles. The first-order chi connectivity index (χ1) is 11.9. The minimum Gasteiger partial charge on any atom is -0.494 e. The average Bonchev–Trinajstić information content (AvgIpc) is 3.27. The van der Waals surface area contributed by atoms with Gasteiger partial charge in [0.2, 0.25) is 0 Å². The quantitative estimate of drug-likeness (QED) is 0.451. The number of thiophene rings is 1. The Kier molecular flexibility index (Phi) is 4.30. The van der Waals surface area contributed by atoms with E-state index in [4.69, 9.17) is 9.72 Å². The first kappa shape index (κ1) is 15.0. The lowest BCUT2D eigenvalue weighted by Crippen LogP contribution is -2.05. The van der Waals surface area contributed by atoms with Crippen LogP contribution in [0.15, 0.2) is 72.1 Å². The number of benzene rings is 2. The van der Waals surface area contributed by atoms with E-state index in [9.17, 15) is 0 Å². The number of aryl methyl sites for hydroxylation is 1. The van der Waals surface area contributed by atoms with Gasteiger partial charge in [-0.05, 0) is 42.1 Å². The third-order valence-corrected chi connectivity index (χ3v) is 4.80. The van der Waals surface area contributed by atoms with Crippen LogP contribution in [-0.4, -0.2) is 16.2 Å². The van der Waals surface area contributed by atoms with Crippen LogP contribution >= 0.6 is 11.3 Å². The molecule has 0 radical (unpaired) electrons. The highest BCUT2D eigenvalue weighted by atomic mass is 32.1. The Labute approximate surface area is 145 Å². The highest BCUT2D eigenvalue weighted by molar-refractivity contribution is 7.13. The molecule has 0 aliphatic carbocycles. The number of imidazole rings is 1.